The first kappa shape index (κ1) is 18.9. The predicted molar refractivity (Wildman–Crippen MR) is 105 cm³/mol. The molecule has 1 aliphatic rings. The zero-order valence-electron chi connectivity index (χ0n) is 15.4. The number of hydrogen-bond acceptors (Lipinski definition) is 6. The maximum atomic E-state index is 13.5. The number of para-hydroxylation sites is 1. The van der Waals surface area contributed by atoms with Crippen molar-refractivity contribution in [2.24, 2.45) is 0 Å². The normalized spacial score (nSPS) is 13.5. The van der Waals surface area contributed by atoms with E-state index in [1.165, 1.54) is 40.4 Å². The molecule has 0 N–H and O–H groups in total. The summed E-state index contributed by atoms with van der Waals surface area (Å²) in [5.41, 5.74) is 1.67. The number of benzene rings is 2. The molecule has 0 fully saturated rings. The van der Waals surface area contributed by atoms with Gasteiger partial charge in [-0.15, -0.1) is 0 Å². The molecule has 1 aliphatic heterocycles. The highest BCUT2D eigenvalue weighted by atomic mass is 32.2. The highest BCUT2D eigenvalue weighted by Gasteiger charge is 2.33. The summed E-state index contributed by atoms with van der Waals surface area (Å²) in [6.07, 6.45) is 1.91. The summed E-state index contributed by atoms with van der Waals surface area (Å²) in [6.45, 7) is 0.0667. The molecule has 0 atom stereocenters. The van der Waals surface area contributed by atoms with Crippen molar-refractivity contribution in [1.29, 1.82) is 0 Å². The molecule has 0 aliphatic carbocycles. The number of nitro benzene ring substituents is 1. The molecule has 2 aromatic carbocycles. The summed E-state index contributed by atoms with van der Waals surface area (Å²) >= 11 is 0. The van der Waals surface area contributed by atoms with Crippen LogP contribution in [0.2, 0.25) is 0 Å². The lowest BCUT2D eigenvalue weighted by atomic mass is 10.2. The molecule has 0 saturated heterocycles. The summed E-state index contributed by atoms with van der Waals surface area (Å²) in [7, 11) is -2.77. The van der Waals surface area contributed by atoms with Crippen LogP contribution in [-0.4, -0.2) is 37.5 Å². The van der Waals surface area contributed by atoms with Crippen molar-refractivity contribution in [2.75, 3.05) is 18.0 Å². The molecule has 0 bridgehead atoms. The van der Waals surface area contributed by atoms with Gasteiger partial charge in [0.05, 0.1) is 23.2 Å². The minimum Gasteiger partial charge on any atom is -0.468 e. The van der Waals surface area contributed by atoms with Gasteiger partial charge in [-0.25, -0.2) is 8.42 Å². The largest absolute Gasteiger partial charge is 0.468 e. The van der Waals surface area contributed by atoms with Gasteiger partial charge in [0, 0.05) is 30.3 Å². The molecule has 0 spiro atoms. The number of ether oxygens (including phenoxy) is 1. The van der Waals surface area contributed by atoms with Crippen molar-refractivity contribution in [1.82, 2.24) is 4.57 Å². The Morgan fingerprint density at radius 3 is 2.72 bits per heavy atom. The Bertz CT molecular complexity index is 1250. The van der Waals surface area contributed by atoms with Crippen molar-refractivity contribution >= 4 is 38.3 Å². The van der Waals surface area contributed by atoms with Crippen LogP contribution in [0.15, 0.2) is 53.6 Å². The lowest BCUT2D eigenvalue weighted by molar-refractivity contribution is -0.384. The number of rotatable bonds is 5. The van der Waals surface area contributed by atoms with Gasteiger partial charge >= 0.3 is 5.97 Å². The first-order chi connectivity index (χ1) is 13.8. The molecule has 3 aromatic rings. The average molecular weight is 415 g/mol. The summed E-state index contributed by atoms with van der Waals surface area (Å²) in [5, 5.41) is 11.4. The van der Waals surface area contributed by atoms with E-state index >= 15 is 0 Å². The Kier molecular flexibility index (Phi) is 4.50. The van der Waals surface area contributed by atoms with E-state index in [0.29, 0.717) is 17.6 Å². The van der Waals surface area contributed by atoms with Crippen molar-refractivity contribution in [3.05, 3.63) is 64.3 Å². The van der Waals surface area contributed by atoms with Crippen LogP contribution in [0.5, 0.6) is 0 Å². The van der Waals surface area contributed by atoms with E-state index in [9.17, 15) is 23.3 Å². The average Bonchev–Trinajstić information content (AvgIpc) is 3.30. The molecule has 1 aromatic heterocycles. The molecule has 9 nitrogen and oxygen atoms in total. The lowest BCUT2D eigenvalue weighted by Gasteiger charge is -2.19. The Labute approximate surface area is 166 Å². The molecule has 29 heavy (non-hydrogen) atoms. The SMILES string of the molecule is COC(=O)Cn1cc(S(=O)(=O)N2CCc3ccccc32)c2cc([N+](=O)[O-])ccc21. The highest BCUT2D eigenvalue weighted by molar-refractivity contribution is 7.93. The number of methoxy groups -OCH3 is 1. The van der Waals surface area contributed by atoms with Crippen molar-refractivity contribution in [3.8, 4) is 0 Å². The standard InChI is InChI=1S/C19H17N3O6S/c1-28-19(23)12-20-11-18(15-10-14(22(24)25)6-7-17(15)20)29(26,27)21-9-8-13-4-2-3-5-16(13)21/h2-7,10-11H,8-9,12H2,1H3. The van der Waals surface area contributed by atoms with Gasteiger partial charge in [0.25, 0.3) is 15.7 Å². The van der Waals surface area contributed by atoms with Gasteiger partial charge in [0.15, 0.2) is 0 Å². The van der Waals surface area contributed by atoms with Crippen LogP contribution in [0.1, 0.15) is 5.56 Å². The van der Waals surface area contributed by atoms with Crippen molar-refractivity contribution in [2.45, 2.75) is 17.9 Å². The number of fused-ring (bicyclic) bond motifs is 2. The molecule has 0 radical (unpaired) electrons. The van der Waals surface area contributed by atoms with E-state index in [1.54, 1.807) is 12.1 Å². The minimum atomic E-state index is -4.01. The third-order valence-electron chi connectivity index (χ3n) is 4.98. The zero-order valence-corrected chi connectivity index (χ0v) is 16.3. The van der Waals surface area contributed by atoms with Crippen LogP contribution in [0.25, 0.3) is 10.9 Å². The Hall–Kier alpha value is -3.40. The molecule has 10 heteroatoms. The topological polar surface area (TPSA) is 112 Å². The fourth-order valence-corrected chi connectivity index (χ4v) is 5.29. The number of non-ortho nitro benzene ring substituents is 1. The Morgan fingerprint density at radius 2 is 2.00 bits per heavy atom. The van der Waals surface area contributed by atoms with E-state index in [0.717, 1.165) is 5.56 Å². The summed E-state index contributed by atoms with van der Waals surface area (Å²) in [4.78, 5) is 22.3. The van der Waals surface area contributed by atoms with Gasteiger partial charge in [-0.05, 0) is 24.1 Å². The molecule has 2 heterocycles. The molecule has 0 unspecified atom stereocenters. The molecule has 4 rings (SSSR count). The van der Waals surface area contributed by atoms with Crippen LogP contribution in [-0.2, 0) is 32.5 Å². The Morgan fingerprint density at radius 1 is 1.24 bits per heavy atom. The first-order valence-corrected chi connectivity index (χ1v) is 10.2. The predicted octanol–water partition coefficient (Wildman–Crippen LogP) is 2.47. The van der Waals surface area contributed by atoms with Crippen LogP contribution in [0, 0.1) is 10.1 Å². The number of nitro groups is 1. The molecule has 0 saturated carbocycles. The Balaban J connectivity index is 1.91. The third-order valence-corrected chi connectivity index (χ3v) is 6.82. The van der Waals surface area contributed by atoms with Crippen molar-refractivity contribution in [3.63, 3.8) is 0 Å². The van der Waals surface area contributed by atoms with E-state index < -0.39 is 20.9 Å². The van der Waals surface area contributed by atoms with Gasteiger partial charge in [0.2, 0.25) is 0 Å². The maximum absolute atomic E-state index is 13.5. The molecular formula is C19H17N3O6S. The van der Waals surface area contributed by atoms with E-state index in [1.807, 2.05) is 12.1 Å². The number of aromatic nitrogens is 1. The second-order valence-electron chi connectivity index (χ2n) is 6.61. The van der Waals surface area contributed by atoms with Crippen LogP contribution in [0.4, 0.5) is 11.4 Å². The maximum Gasteiger partial charge on any atom is 0.325 e. The number of anilines is 1. The molecule has 0 amide bonds. The summed E-state index contributed by atoms with van der Waals surface area (Å²) in [6, 6.07) is 11.1. The number of hydrogen-bond donors (Lipinski definition) is 0. The van der Waals surface area contributed by atoms with Gasteiger partial charge < -0.3 is 9.30 Å². The van der Waals surface area contributed by atoms with E-state index in [-0.39, 0.29) is 29.1 Å². The van der Waals surface area contributed by atoms with E-state index in [2.05, 4.69) is 4.74 Å². The second-order valence-corrected chi connectivity index (χ2v) is 8.44. The quantitative estimate of drug-likeness (QED) is 0.359. The number of sulfonamides is 1. The number of carbonyl (C=O) groups is 1. The summed E-state index contributed by atoms with van der Waals surface area (Å²) in [5.74, 6) is -0.560. The minimum absolute atomic E-state index is 0.0863. The van der Waals surface area contributed by atoms with Crippen LogP contribution in [0.3, 0.4) is 0 Å². The smallest absolute Gasteiger partial charge is 0.325 e. The van der Waals surface area contributed by atoms with Crippen molar-refractivity contribution < 1.29 is 22.9 Å². The lowest BCUT2D eigenvalue weighted by Crippen LogP contribution is -2.29. The second kappa shape index (κ2) is 6.89. The summed E-state index contributed by atoms with van der Waals surface area (Å²) < 4.78 is 34.4. The zero-order chi connectivity index (χ0) is 20.8. The number of carbonyl (C=O) groups excluding carboxylic acids is 1. The van der Waals surface area contributed by atoms with Gasteiger partial charge in [-0.3, -0.25) is 19.2 Å². The number of nitrogens with zero attached hydrogens (tertiary/aromatic N) is 3. The first-order valence-electron chi connectivity index (χ1n) is 8.77. The monoisotopic (exact) mass is 415 g/mol. The molecule has 150 valence electrons. The van der Waals surface area contributed by atoms with Gasteiger partial charge in [0.1, 0.15) is 11.4 Å². The van der Waals surface area contributed by atoms with E-state index in [4.69, 9.17) is 0 Å². The number of esters is 1. The fourth-order valence-electron chi connectivity index (χ4n) is 3.58. The highest BCUT2D eigenvalue weighted by Crippen LogP contribution is 2.36. The fraction of sp³-hybridized carbons (Fsp3) is 0.211. The molecular weight excluding hydrogens is 398 g/mol. The third kappa shape index (κ3) is 3.11. The van der Waals surface area contributed by atoms with Gasteiger partial charge in [-0.1, -0.05) is 18.2 Å². The van der Waals surface area contributed by atoms with Crippen LogP contribution >= 0.6 is 0 Å². The van der Waals surface area contributed by atoms with Gasteiger partial charge in [-0.2, -0.15) is 0 Å². The van der Waals surface area contributed by atoms with Crippen LogP contribution < -0.4 is 4.31 Å².